The van der Waals surface area contributed by atoms with E-state index < -0.39 is 18.2 Å². The van der Waals surface area contributed by atoms with Crippen molar-refractivity contribution in [1.82, 2.24) is 25.1 Å². The van der Waals surface area contributed by atoms with Gasteiger partial charge in [-0.25, -0.2) is 9.78 Å². The molecule has 298 valence electrons. The van der Waals surface area contributed by atoms with Crippen molar-refractivity contribution in [2.75, 3.05) is 13.7 Å². The predicted molar refractivity (Wildman–Crippen MR) is 223 cm³/mol. The summed E-state index contributed by atoms with van der Waals surface area (Å²) >= 11 is 0. The van der Waals surface area contributed by atoms with Gasteiger partial charge in [-0.05, 0) is 101 Å². The molecule has 12 nitrogen and oxygen atoms in total. The lowest BCUT2D eigenvalue weighted by atomic mass is 9.90. The molecule has 9 rings (SSSR count). The van der Waals surface area contributed by atoms with E-state index >= 15 is 0 Å². The molecule has 12 heteroatoms. The first-order chi connectivity index (χ1) is 28.1. The number of ether oxygens (including phenoxy) is 2. The summed E-state index contributed by atoms with van der Waals surface area (Å²) in [7, 11) is 1.30. The number of aromatic amines is 1. The lowest BCUT2D eigenvalue weighted by Gasteiger charge is -2.32. The number of fused-ring (bicyclic) bond motifs is 6. The first kappa shape index (κ1) is 37.6. The van der Waals surface area contributed by atoms with Gasteiger partial charge < -0.3 is 35.3 Å². The normalized spacial score (nSPS) is 20.6. The molecule has 0 aliphatic carbocycles. The molecule has 4 aliphatic heterocycles. The van der Waals surface area contributed by atoms with Gasteiger partial charge in [0.15, 0.2) is 0 Å². The molecule has 58 heavy (non-hydrogen) atoms. The van der Waals surface area contributed by atoms with E-state index in [4.69, 9.17) is 25.2 Å². The first-order valence-corrected chi connectivity index (χ1v) is 20.4. The molecule has 4 aromatic carbocycles. The Bertz CT molecular complexity index is 2460. The van der Waals surface area contributed by atoms with Crippen LogP contribution in [0.3, 0.4) is 0 Å². The van der Waals surface area contributed by atoms with Crippen molar-refractivity contribution in [1.29, 1.82) is 0 Å². The van der Waals surface area contributed by atoms with Crippen LogP contribution in [0.2, 0.25) is 0 Å². The molecule has 3 amide bonds. The average Bonchev–Trinajstić information content (AvgIpc) is 4.07. The van der Waals surface area contributed by atoms with Gasteiger partial charge in [-0.3, -0.25) is 14.6 Å². The maximum atomic E-state index is 13.8. The second-order valence-corrected chi connectivity index (χ2v) is 16.4. The number of H-pyrrole nitrogens is 1. The molecule has 5 aromatic rings. The molecule has 1 unspecified atom stereocenters. The number of hydrogen-bond acceptors (Lipinski definition) is 8. The zero-order valence-corrected chi connectivity index (χ0v) is 33.3. The number of aromatic nitrogens is 2. The molecule has 0 radical (unpaired) electrons. The second kappa shape index (κ2) is 15.1. The van der Waals surface area contributed by atoms with Gasteiger partial charge >= 0.3 is 6.09 Å². The van der Waals surface area contributed by atoms with E-state index in [0.29, 0.717) is 19.6 Å². The van der Waals surface area contributed by atoms with Crippen molar-refractivity contribution in [3.63, 3.8) is 0 Å². The molecule has 1 aromatic heterocycles. The summed E-state index contributed by atoms with van der Waals surface area (Å²) in [5.41, 5.74) is 15.5. The Morgan fingerprint density at radius 2 is 1.79 bits per heavy atom. The Morgan fingerprint density at radius 3 is 2.59 bits per heavy atom. The summed E-state index contributed by atoms with van der Waals surface area (Å²) in [4.78, 5) is 56.8. The van der Waals surface area contributed by atoms with E-state index in [0.717, 1.165) is 98.5 Å². The van der Waals surface area contributed by atoms with Crippen molar-refractivity contribution in [2.24, 2.45) is 16.6 Å². The Hall–Kier alpha value is -6.01. The molecule has 5 heterocycles. The average molecular weight is 780 g/mol. The number of aliphatic imine (C=N–C) groups is 1. The van der Waals surface area contributed by atoms with Crippen LogP contribution >= 0.6 is 0 Å². The highest BCUT2D eigenvalue weighted by Crippen LogP contribution is 2.45. The van der Waals surface area contributed by atoms with Crippen LogP contribution in [-0.4, -0.2) is 75.2 Å². The van der Waals surface area contributed by atoms with Crippen molar-refractivity contribution in [2.45, 2.75) is 89.7 Å². The summed E-state index contributed by atoms with van der Waals surface area (Å²) in [6, 6.07) is 22.9. The van der Waals surface area contributed by atoms with Gasteiger partial charge in [-0.2, -0.15) is 0 Å². The van der Waals surface area contributed by atoms with Gasteiger partial charge in [0.25, 0.3) is 0 Å². The van der Waals surface area contributed by atoms with Crippen LogP contribution in [0, 0.1) is 5.92 Å². The van der Waals surface area contributed by atoms with Crippen LogP contribution in [0.4, 0.5) is 10.5 Å². The van der Waals surface area contributed by atoms with Crippen LogP contribution in [0.25, 0.3) is 33.2 Å². The van der Waals surface area contributed by atoms with Crippen LogP contribution < -0.4 is 15.8 Å². The zero-order valence-electron chi connectivity index (χ0n) is 33.3. The number of nitrogens with one attached hydrogen (secondary N) is 2. The highest BCUT2D eigenvalue weighted by atomic mass is 16.5. The molecule has 5 atom stereocenters. The van der Waals surface area contributed by atoms with Gasteiger partial charge in [-0.1, -0.05) is 62.4 Å². The van der Waals surface area contributed by atoms with Crippen molar-refractivity contribution in [3.05, 3.63) is 102 Å². The fourth-order valence-corrected chi connectivity index (χ4v) is 9.39. The number of benzene rings is 4. The third-order valence-electron chi connectivity index (χ3n) is 12.5. The molecule has 0 saturated carbocycles. The summed E-state index contributed by atoms with van der Waals surface area (Å²) in [5.74, 6) is 1.25. The monoisotopic (exact) mass is 779 g/mol. The van der Waals surface area contributed by atoms with Crippen LogP contribution in [0.15, 0.2) is 84.0 Å². The van der Waals surface area contributed by atoms with E-state index in [9.17, 15) is 14.4 Å². The number of imidazole rings is 1. The van der Waals surface area contributed by atoms with E-state index in [2.05, 4.69) is 52.8 Å². The quantitative estimate of drug-likeness (QED) is 0.147. The third kappa shape index (κ3) is 6.58. The lowest BCUT2D eigenvalue weighted by molar-refractivity contribution is -0.137. The van der Waals surface area contributed by atoms with Crippen molar-refractivity contribution < 1.29 is 23.9 Å². The Labute approximate surface area is 337 Å². The van der Waals surface area contributed by atoms with Gasteiger partial charge in [0, 0.05) is 30.3 Å². The van der Waals surface area contributed by atoms with E-state index in [1.165, 1.54) is 7.11 Å². The van der Waals surface area contributed by atoms with Crippen LogP contribution in [0.5, 0.6) is 5.75 Å². The molecule has 0 spiro atoms. The number of rotatable bonds is 8. The number of nitrogens with two attached hydrogens (primary N) is 1. The second-order valence-electron chi connectivity index (χ2n) is 16.4. The number of alkyl carbamates (subject to hydrolysis) is 1. The van der Waals surface area contributed by atoms with Gasteiger partial charge in [0.1, 0.15) is 30.3 Å². The Morgan fingerprint density at radius 1 is 0.966 bits per heavy atom. The maximum absolute atomic E-state index is 13.8. The lowest BCUT2D eigenvalue weighted by Crippen LogP contribution is -2.52. The summed E-state index contributed by atoms with van der Waals surface area (Å²) in [5, 5.41) is 4.96. The number of carbonyl (C=O) groups is 3. The van der Waals surface area contributed by atoms with E-state index in [1.54, 1.807) is 0 Å². The number of amides is 3. The smallest absolute Gasteiger partial charge is 0.407 e. The molecule has 0 bridgehead atoms. The largest absolute Gasteiger partial charge is 0.488 e. The van der Waals surface area contributed by atoms with Crippen LogP contribution in [-0.2, 0) is 27.4 Å². The van der Waals surface area contributed by atoms with Crippen LogP contribution in [0.1, 0.15) is 81.1 Å². The summed E-state index contributed by atoms with van der Waals surface area (Å²) in [6.45, 7) is 6.97. The number of nitrogens with zero attached hydrogens (tertiary/aromatic N) is 4. The van der Waals surface area contributed by atoms with Gasteiger partial charge in [0.05, 0.1) is 36.8 Å². The molecule has 4 aliphatic rings. The predicted octanol–water partition coefficient (Wildman–Crippen LogP) is 7.54. The number of likely N-dealkylation sites (tertiary alicyclic amines) is 2. The maximum Gasteiger partial charge on any atom is 0.407 e. The molecule has 4 N–H and O–H groups in total. The Balaban J connectivity index is 0.934. The fraction of sp³-hybridized carbons (Fsp3) is 0.370. The van der Waals surface area contributed by atoms with Crippen molar-refractivity contribution >= 4 is 40.1 Å². The van der Waals surface area contributed by atoms with Gasteiger partial charge in [0.2, 0.25) is 11.8 Å². The standard InChI is InChI=1S/C46H49N7O5/c1-25(2)42(51-46(56)57-4)45(55)53-26(3)12-17-39(53)43-48-23-37(50-43)29-13-15-31-30(19-29)24-58-40-22-32-28(20-34(31)40)14-16-35-33(32)21-36(49-35)38-11-8-18-52(38)44(54)41(47)27-9-6-5-7-10-27/h5-7,9-10,13-16,19-20,22-23,25-26,38-39,41-42H,8,11-12,17-18,21,24,47H2,1-4H3,(H,48,50)(H,51,56)/t26-,38?,39-,41+,42-/m0/s1. The zero-order chi connectivity index (χ0) is 40.2. The summed E-state index contributed by atoms with van der Waals surface area (Å²) in [6.07, 6.45) is 5.29. The molecular weight excluding hydrogens is 731 g/mol. The molecule has 2 saturated heterocycles. The molecule has 2 fully saturated rings. The van der Waals surface area contributed by atoms with E-state index in [1.807, 2.05) is 67.1 Å². The number of methoxy groups -OCH3 is 1. The topological polar surface area (TPSA) is 155 Å². The van der Waals surface area contributed by atoms with Crippen molar-refractivity contribution in [3.8, 4) is 28.1 Å². The minimum atomic E-state index is -0.706. The minimum absolute atomic E-state index is 0.00243. The minimum Gasteiger partial charge on any atom is -0.488 e. The highest BCUT2D eigenvalue weighted by molar-refractivity contribution is 6.06. The third-order valence-corrected chi connectivity index (χ3v) is 12.5. The SMILES string of the molecule is COC(=O)N[C@H](C(=O)N1[C@@H](C)CC[C@H]1c1ncc(-c2ccc3c(c2)COc2cc4c5c(ccc4cc2-3)N=C(C2CCCN2C(=O)[C@H](N)c2ccccc2)C5)[nH]1)C(C)C. The number of carbonyl (C=O) groups excluding carboxylic acids is 3. The van der Waals surface area contributed by atoms with E-state index in [-0.39, 0.29) is 35.9 Å². The first-order valence-electron chi connectivity index (χ1n) is 20.4. The molecular formula is C46H49N7O5. The summed E-state index contributed by atoms with van der Waals surface area (Å²) < 4.78 is 11.3. The fourth-order valence-electron chi connectivity index (χ4n) is 9.39. The number of hydrogen-bond donors (Lipinski definition) is 3. The highest BCUT2D eigenvalue weighted by Gasteiger charge is 2.41. The Kier molecular flexibility index (Phi) is 9.75. The van der Waals surface area contributed by atoms with Gasteiger partial charge in [-0.15, -0.1) is 0 Å².